The lowest BCUT2D eigenvalue weighted by molar-refractivity contribution is -0.250. The average Bonchev–Trinajstić information content (AvgIpc) is 0.770. The molecule has 1 saturated heterocycles. The van der Waals surface area contributed by atoms with Gasteiger partial charge < -0.3 is 205 Å². The van der Waals surface area contributed by atoms with Gasteiger partial charge in [0, 0.05) is 0 Å². The van der Waals surface area contributed by atoms with Crippen LogP contribution in [0.5, 0.6) is 207 Å². The van der Waals surface area contributed by atoms with E-state index in [0.717, 1.165) is 0 Å². The molecule has 0 aromatic heterocycles. The highest BCUT2D eigenvalue weighted by Gasteiger charge is 2.51. The molecule has 0 saturated carbocycles. The van der Waals surface area contributed by atoms with Crippen LogP contribution in [0.1, 0.15) is 124 Å². The minimum absolute atomic E-state index is 0.289. The minimum atomic E-state index is -3.00. The lowest BCUT2D eigenvalue weighted by atomic mass is 10.0. The summed E-state index contributed by atoms with van der Waals surface area (Å²) < 4.78 is 69.7. The first-order valence-corrected chi connectivity index (χ1v) is 38.5. The Morgan fingerprint density at radius 1 is 0.169 bits per heavy atom. The number of hydrogen-bond donors (Lipinski definition) is 28. The van der Waals surface area contributed by atoms with Crippen molar-refractivity contribution >= 4 is 71.6 Å². The van der Waals surface area contributed by atoms with Crippen molar-refractivity contribution in [2.75, 3.05) is 6.61 Å². The van der Waals surface area contributed by atoms with Gasteiger partial charge in [0.15, 0.2) is 173 Å². The molecule has 0 aliphatic carbocycles. The van der Waals surface area contributed by atoms with Gasteiger partial charge in [-0.1, -0.05) is 0 Å². The normalized spacial score (nSPS) is 13.6. The number of esters is 12. The largest absolute Gasteiger partial charge is 0.504 e. The molecule has 28 N–H and O–H groups in total. The van der Waals surface area contributed by atoms with Crippen LogP contribution in [0.3, 0.4) is 0 Å². The number of ether oxygens (including phenoxy) is 13. The maximum Gasteiger partial charge on any atom is 0.343 e. The van der Waals surface area contributed by atoms with Crippen molar-refractivity contribution in [3.8, 4) is 207 Å². The van der Waals surface area contributed by atoms with Gasteiger partial charge in [0.25, 0.3) is 0 Å². The van der Waals surface area contributed by atoms with Crippen LogP contribution in [0.25, 0.3) is 0 Å². The number of rotatable bonds is 24. The summed E-state index contributed by atoms with van der Waals surface area (Å²) in [5.41, 5.74) is -11.4. The van der Waals surface area contributed by atoms with E-state index in [-0.39, 0.29) is 6.07 Å². The Balaban J connectivity index is 0.880. The highest BCUT2D eigenvalue weighted by Crippen LogP contribution is 2.50. The predicted molar refractivity (Wildman–Crippen MR) is 446 cm³/mol. The summed E-state index contributed by atoms with van der Waals surface area (Å²) >= 11 is 0. The molecule has 53 nitrogen and oxygen atoms in total. The highest BCUT2D eigenvalue weighted by atomic mass is 16.7. The lowest BCUT2D eigenvalue weighted by Gasteiger charge is -2.40. The second kappa shape index (κ2) is 38.7. The number of hydrogen-bond acceptors (Lipinski definition) is 53. The number of aromatic hydroxyl groups is 28. The van der Waals surface area contributed by atoms with E-state index in [0.29, 0.717) is 140 Å². The molecule has 13 rings (SSSR count). The van der Waals surface area contributed by atoms with Crippen LogP contribution in [0.4, 0.5) is 0 Å². The Kier molecular flexibility index (Phi) is 26.7. The van der Waals surface area contributed by atoms with Gasteiger partial charge in [-0.25, -0.2) is 57.5 Å². The van der Waals surface area contributed by atoms with Crippen LogP contribution in [0, 0.1) is 0 Å². The third-order valence-electron chi connectivity index (χ3n) is 19.5. The van der Waals surface area contributed by atoms with Crippen molar-refractivity contribution in [3.63, 3.8) is 0 Å². The highest BCUT2D eigenvalue weighted by molar-refractivity contribution is 6.02. The Morgan fingerprint density at radius 2 is 0.303 bits per heavy atom. The van der Waals surface area contributed by atoms with E-state index in [1.807, 2.05) is 0 Å². The molecule has 0 amide bonds. The molecule has 12 aromatic rings. The SMILES string of the molecule is O=C(Oc1cc(C(=O)Oc2cc(C(=O)O[C@@H]3OC[C@@H](OC(=O)c4cc(O)c(O)c(OC(=O)c5cc(O)c(O)c(OC(=O)c6cc(O)c(O)c(O)c6)c5)c4)[C@H](OC(=O)c4cc(O)c(O)c(OC(=O)c5cc(O)c(O)c(OC(=O)c6cc(O)c(O)c(O)c6)c5)c4)[C@H]3OC(=O)c3cc(O)c(O)c(OC(=O)c4cc(O)c(O)c(OC(=O)c5cc(O)c(O)c(O)c5)c4)c3)cc(O)c2O)cc(O)c1O)c1cc(O)c(O)c(O)c1. The van der Waals surface area contributed by atoms with Gasteiger partial charge in [-0.2, -0.15) is 0 Å². The van der Waals surface area contributed by atoms with Gasteiger partial charge in [0.2, 0.25) is 58.4 Å². The van der Waals surface area contributed by atoms with Crippen LogP contribution in [-0.4, -0.2) is 246 Å². The third kappa shape index (κ3) is 20.4. The number of carbonyl (C=O) groups excluding carboxylic acids is 12. The summed E-state index contributed by atoms with van der Waals surface area (Å²) in [5, 5.41) is 294. The van der Waals surface area contributed by atoms with E-state index in [1.54, 1.807) is 0 Å². The fourth-order valence-electron chi connectivity index (χ4n) is 12.4. The first-order chi connectivity index (χ1) is 66.8. The fourth-order valence-corrected chi connectivity index (χ4v) is 12.4. The molecule has 1 aliphatic heterocycles. The molecule has 0 spiro atoms. The second-order valence-corrected chi connectivity index (χ2v) is 29.1. The van der Waals surface area contributed by atoms with E-state index in [2.05, 4.69) is 0 Å². The molecule has 0 bridgehead atoms. The molecule has 53 heteroatoms. The molecule has 0 unspecified atom stereocenters. The van der Waals surface area contributed by atoms with Gasteiger partial charge in [0.1, 0.15) is 0 Å². The van der Waals surface area contributed by atoms with E-state index in [4.69, 9.17) is 61.6 Å². The molecule has 142 heavy (non-hydrogen) atoms. The van der Waals surface area contributed by atoms with Crippen molar-refractivity contribution < 1.29 is 262 Å². The van der Waals surface area contributed by atoms with Gasteiger partial charge in [0.05, 0.1) is 73.4 Å². The predicted octanol–water partition coefficient (Wildman–Crippen LogP) is 6.39. The quantitative estimate of drug-likeness (QED) is 0.0135. The summed E-state index contributed by atoms with van der Waals surface area (Å²) in [6.07, 6.45) is -11.4. The molecule has 1 heterocycles. The molecule has 732 valence electrons. The van der Waals surface area contributed by atoms with Crippen LogP contribution in [0.15, 0.2) is 146 Å². The van der Waals surface area contributed by atoms with E-state index in [1.165, 1.54) is 0 Å². The topological polar surface area (TPSA) is 891 Å². The first kappa shape index (κ1) is 98.2. The number of carbonyl (C=O) groups is 12. The third-order valence-corrected chi connectivity index (χ3v) is 19.5. The molecular weight excluding hydrogens is 1920 g/mol. The van der Waals surface area contributed by atoms with Gasteiger partial charge in [-0.3, -0.25) is 0 Å². The van der Waals surface area contributed by atoms with Crippen molar-refractivity contribution in [2.45, 2.75) is 24.6 Å². The molecule has 4 atom stereocenters. The van der Waals surface area contributed by atoms with E-state index in [9.17, 15) is 191 Å². The summed E-state index contributed by atoms with van der Waals surface area (Å²) in [4.78, 5) is 168. The summed E-state index contributed by atoms with van der Waals surface area (Å²) in [6.45, 7) is -1.48. The second-order valence-electron chi connectivity index (χ2n) is 29.1. The van der Waals surface area contributed by atoms with Crippen LogP contribution in [0.2, 0.25) is 0 Å². The van der Waals surface area contributed by atoms with Crippen molar-refractivity contribution in [1.82, 2.24) is 0 Å². The monoisotopic (exact) mass is 1970 g/mol. The van der Waals surface area contributed by atoms with Crippen molar-refractivity contribution in [2.24, 2.45) is 0 Å². The number of phenols is 28. The van der Waals surface area contributed by atoms with E-state index < -0.39 is 377 Å². The van der Waals surface area contributed by atoms with Gasteiger partial charge >= 0.3 is 71.6 Å². The minimum Gasteiger partial charge on any atom is -0.504 e. The summed E-state index contributed by atoms with van der Waals surface area (Å²) in [6, 6.07) is 10.8. The smallest absolute Gasteiger partial charge is 0.343 e. The molecule has 1 fully saturated rings. The maximum absolute atomic E-state index is 15.2. The molecule has 0 radical (unpaired) electrons. The number of benzene rings is 12. The van der Waals surface area contributed by atoms with Crippen molar-refractivity contribution in [3.05, 3.63) is 212 Å². The molecular formula is C89H58O53. The lowest BCUT2D eigenvalue weighted by Crippen LogP contribution is -2.58. The Morgan fingerprint density at radius 3 is 0.479 bits per heavy atom. The van der Waals surface area contributed by atoms with Gasteiger partial charge in [-0.15, -0.1) is 0 Å². The fraction of sp³-hybridized carbons (Fsp3) is 0.0562. The molecule has 1 aliphatic rings. The average molecular weight is 1980 g/mol. The standard InChI is InChI=1S/C89H58O53/c90-38-1-26(2-39(91)63(38)106)77(118)131-54-17-30(9-46(98)67(54)110)81(122)135-58-21-34(13-50(102)71(58)114)85(126)139-62-25-130-89(142-88(129)37-16-53(105)74(117)61(24-37)138-84(125)33-12-49(101)70(113)57(20-33)134-80(121)29-7-44(96)66(109)45(97)8-29)76(141-87(128)36-15-52(104)73(116)60(23-36)137-83(124)32-11-48(100)69(112)56(19-32)133-79(120)28-5-42(94)65(108)43(95)6-28)75(62)140-86(127)35-14-51(103)72(115)59(22-35)136-82(123)31-10-47(99)68(111)55(18-31)132-78(119)27-3-40(92)64(107)41(93)4-27/h1-24,62,75-76,89-117H,25H2/t62-,75+,76-,89+/m1/s1. The van der Waals surface area contributed by atoms with Gasteiger partial charge in [-0.05, 0) is 146 Å². The zero-order chi connectivity index (χ0) is 104. The first-order valence-electron chi connectivity index (χ1n) is 38.5. The summed E-state index contributed by atoms with van der Waals surface area (Å²) in [5.74, 6) is -66.0. The Labute approximate surface area is 781 Å². The van der Waals surface area contributed by atoms with Crippen LogP contribution < -0.4 is 37.9 Å². The zero-order valence-electron chi connectivity index (χ0n) is 69.6. The Hall–Kier alpha value is -21.4. The summed E-state index contributed by atoms with van der Waals surface area (Å²) in [7, 11) is 0. The van der Waals surface area contributed by atoms with Crippen LogP contribution >= 0.6 is 0 Å². The maximum atomic E-state index is 15.2. The van der Waals surface area contributed by atoms with Crippen molar-refractivity contribution in [1.29, 1.82) is 0 Å². The van der Waals surface area contributed by atoms with E-state index >= 15 is 9.59 Å². The number of phenolic OH excluding ortho intramolecular Hbond substituents is 28. The van der Waals surface area contributed by atoms with Crippen LogP contribution in [-0.2, 0) is 23.7 Å². The zero-order valence-corrected chi connectivity index (χ0v) is 69.6. The molecule has 12 aromatic carbocycles. The Bertz CT molecular complexity index is 6870.